The van der Waals surface area contributed by atoms with Gasteiger partial charge in [-0.3, -0.25) is 0 Å². The number of nitrogens with zero attached hydrogens (tertiary/aromatic N) is 1. The summed E-state index contributed by atoms with van der Waals surface area (Å²) >= 11 is 0. The molecular formula is C19H34N2. The molecule has 5 fully saturated rings. The Labute approximate surface area is 130 Å². The van der Waals surface area contributed by atoms with Crippen LogP contribution in [0.2, 0.25) is 0 Å². The van der Waals surface area contributed by atoms with Gasteiger partial charge in [-0.2, -0.15) is 0 Å². The third kappa shape index (κ3) is 2.47. The number of hydrogen-bond acceptors (Lipinski definition) is 2. The number of nitrogens with two attached hydrogens (primary N) is 1. The summed E-state index contributed by atoms with van der Waals surface area (Å²) in [5.74, 6) is 3.23. The topological polar surface area (TPSA) is 29.3 Å². The van der Waals surface area contributed by atoms with Crippen molar-refractivity contribution in [1.29, 1.82) is 0 Å². The van der Waals surface area contributed by atoms with Gasteiger partial charge in [0.15, 0.2) is 0 Å². The predicted molar refractivity (Wildman–Crippen MR) is 88.1 cm³/mol. The molecule has 0 saturated heterocycles. The first-order valence-electron chi connectivity index (χ1n) is 9.53. The standard InChI is InChI=1S/C19H34N2/c1-13(21(2)18-5-3-17(20)4-6-18)19-10-14-7-15(11-19)9-16(8-14)12-19/h13-18H,3-12,20H2,1-2H3. The average molecular weight is 290 g/mol. The van der Waals surface area contributed by atoms with E-state index in [1.165, 1.54) is 44.9 Å². The van der Waals surface area contributed by atoms with Gasteiger partial charge < -0.3 is 10.6 Å². The number of rotatable bonds is 3. The van der Waals surface area contributed by atoms with Crippen molar-refractivity contribution in [3.63, 3.8) is 0 Å². The molecule has 1 atom stereocenters. The Hall–Kier alpha value is -0.0800. The van der Waals surface area contributed by atoms with Crippen molar-refractivity contribution in [2.24, 2.45) is 28.9 Å². The fourth-order valence-corrected chi connectivity index (χ4v) is 6.95. The third-order valence-electron chi connectivity index (χ3n) is 7.90. The molecule has 0 aromatic rings. The van der Waals surface area contributed by atoms with E-state index in [-0.39, 0.29) is 0 Å². The van der Waals surface area contributed by atoms with Crippen LogP contribution in [0.5, 0.6) is 0 Å². The first-order valence-corrected chi connectivity index (χ1v) is 9.53. The summed E-state index contributed by atoms with van der Waals surface area (Å²) in [5.41, 5.74) is 6.77. The molecule has 5 saturated carbocycles. The quantitative estimate of drug-likeness (QED) is 0.857. The first kappa shape index (κ1) is 14.5. The van der Waals surface area contributed by atoms with Crippen molar-refractivity contribution in [2.75, 3.05) is 7.05 Å². The molecule has 21 heavy (non-hydrogen) atoms. The van der Waals surface area contributed by atoms with Crippen LogP contribution in [0.4, 0.5) is 0 Å². The molecule has 0 aliphatic heterocycles. The Balaban J connectivity index is 1.47. The van der Waals surface area contributed by atoms with Crippen molar-refractivity contribution >= 4 is 0 Å². The molecule has 4 bridgehead atoms. The second-order valence-corrected chi connectivity index (χ2v) is 9.19. The lowest BCUT2D eigenvalue weighted by Gasteiger charge is -2.61. The smallest absolute Gasteiger partial charge is 0.0124 e. The maximum atomic E-state index is 6.10. The largest absolute Gasteiger partial charge is 0.328 e. The monoisotopic (exact) mass is 290 g/mol. The summed E-state index contributed by atoms with van der Waals surface area (Å²) in [6.45, 7) is 2.56. The van der Waals surface area contributed by atoms with Gasteiger partial charge in [0.2, 0.25) is 0 Å². The fraction of sp³-hybridized carbons (Fsp3) is 1.00. The van der Waals surface area contributed by atoms with Crippen LogP contribution < -0.4 is 5.73 Å². The minimum absolute atomic E-state index is 0.476. The van der Waals surface area contributed by atoms with Crippen LogP contribution in [0, 0.1) is 23.2 Å². The molecule has 2 heteroatoms. The van der Waals surface area contributed by atoms with Crippen LogP contribution in [0.25, 0.3) is 0 Å². The van der Waals surface area contributed by atoms with Gasteiger partial charge in [0.25, 0.3) is 0 Å². The molecule has 5 aliphatic rings. The van der Waals surface area contributed by atoms with Crippen LogP contribution >= 0.6 is 0 Å². The molecule has 2 N–H and O–H groups in total. The zero-order valence-corrected chi connectivity index (χ0v) is 14.1. The summed E-state index contributed by atoms with van der Waals surface area (Å²) in [6, 6.07) is 2.06. The van der Waals surface area contributed by atoms with Gasteiger partial charge in [-0.25, -0.2) is 0 Å². The highest BCUT2D eigenvalue weighted by molar-refractivity contribution is 5.06. The summed E-state index contributed by atoms with van der Waals surface area (Å²) in [4.78, 5) is 2.78. The highest BCUT2D eigenvalue weighted by atomic mass is 15.2. The molecule has 0 aromatic heterocycles. The summed E-state index contributed by atoms with van der Waals surface area (Å²) in [6.07, 6.45) is 14.4. The lowest BCUT2D eigenvalue weighted by atomic mass is 9.47. The second kappa shape index (κ2) is 5.23. The van der Waals surface area contributed by atoms with E-state index in [0.29, 0.717) is 11.5 Å². The predicted octanol–water partition coefficient (Wildman–Crippen LogP) is 3.79. The van der Waals surface area contributed by atoms with Crippen molar-refractivity contribution in [3.05, 3.63) is 0 Å². The summed E-state index contributed by atoms with van der Waals surface area (Å²) in [7, 11) is 2.42. The SMILES string of the molecule is CC(N(C)C1CCC(N)CC1)C12CC3CC(CC(C3)C1)C2. The van der Waals surface area contributed by atoms with Gasteiger partial charge in [0.05, 0.1) is 0 Å². The van der Waals surface area contributed by atoms with Crippen LogP contribution in [0.15, 0.2) is 0 Å². The van der Waals surface area contributed by atoms with Gasteiger partial charge >= 0.3 is 0 Å². The van der Waals surface area contributed by atoms with E-state index in [9.17, 15) is 0 Å². The van der Waals surface area contributed by atoms with Crippen LogP contribution in [-0.2, 0) is 0 Å². The minimum Gasteiger partial charge on any atom is -0.328 e. The van der Waals surface area contributed by atoms with Crippen molar-refractivity contribution < 1.29 is 0 Å². The summed E-state index contributed by atoms with van der Waals surface area (Å²) in [5, 5.41) is 0. The minimum atomic E-state index is 0.476. The molecule has 0 radical (unpaired) electrons. The third-order valence-corrected chi connectivity index (χ3v) is 7.90. The van der Waals surface area contributed by atoms with Crippen molar-refractivity contribution in [3.8, 4) is 0 Å². The Morgan fingerprint density at radius 3 is 1.86 bits per heavy atom. The molecule has 0 heterocycles. The van der Waals surface area contributed by atoms with Crippen molar-refractivity contribution in [2.45, 2.75) is 89.3 Å². The molecule has 2 nitrogen and oxygen atoms in total. The molecule has 1 unspecified atom stereocenters. The molecule has 0 amide bonds. The van der Waals surface area contributed by atoms with E-state index in [1.54, 1.807) is 19.3 Å². The molecule has 120 valence electrons. The first-order chi connectivity index (χ1) is 10.1. The molecule has 5 rings (SSSR count). The lowest BCUT2D eigenvalue weighted by Crippen LogP contribution is -2.57. The van der Waals surface area contributed by atoms with E-state index < -0.39 is 0 Å². The lowest BCUT2D eigenvalue weighted by molar-refractivity contribution is -0.101. The second-order valence-electron chi connectivity index (χ2n) is 9.19. The van der Waals surface area contributed by atoms with Gasteiger partial charge in [-0.15, -0.1) is 0 Å². The summed E-state index contributed by atoms with van der Waals surface area (Å²) < 4.78 is 0. The maximum absolute atomic E-state index is 6.10. The normalized spacial score (nSPS) is 50.6. The maximum Gasteiger partial charge on any atom is 0.0124 e. The molecular weight excluding hydrogens is 256 g/mol. The zero-order valence-electron chi connectivity index (χ0n) is 14.1. The van der Waals surface area contributed by atoms with Gasteiger partial charge in [0, 0.05) is 18.1 Å². The highest BCUT2D eigenvalue weighted by Gasteiger charge is 2.54. The fourth-order valence-electron chi connectivity index (χ4n) is 6.95. The Morgan fingerprint density at radius 1 is 0.905 bits per heavy atom. The van der Waals surface area contributed by atoms with Crippen molar-refractivity contribution in [1.82, 2.24) is 4.90 Å². The van der Waals surface area contributed by atoms with Crippen LogP contribution in [-0.4, -0.2) is 30.1 Å². The molecule has 0 aromatic carbocycles. The van der Waals surface area contributed by atoms with E-state index >= 15 is 0 Å². The van der Waals surface area contributed by atoms with E-state index in [0.717, 1.165) is 29.8 Å². The average Bonchev–Trinajstić information content (AvgIpc) is 2.45. The van der Waals surface area contributed by atoms with Crippen LogP contribution in [0.1, 0.15) is 71.1 Å². The van der Waals surface area contributed by atoms with E-state index in [2.05, 4.69) is 18.9 Å². The Morgan fingerprint density at radius 2 is 1.38 bits per heavy atom. The van der Waals surface area contributed by atoms with Gasteiger partial charge in [-0.05, 0) is 101 Å². The van der Waals surface area contributed by atoms with Gasteiger partial charge in [0.1, 0.15) is 0 Å². The number of hydrogen-bond donors (Lipinski definition) is 1. The van der Waals surface area contributed by atoms with E-state index in [4.69, 9.17) is 5.73 Å². The molecule has 5 aliphatic carbocycles. The van der Waals surface area contributed by atoms with E-state index in [1.807, 2.05) is 0 Å². The molecule has 0 spiro atoms. The highest BCUT2D eigenvalue weighted by Crippen LogP contribution is 2.62. The Kier molecular flexibility index (Phi) is 3.61. The van der Waals surface area contributed by atoms with Gasteiger partial charge in [-0.1, -0.05) is 0 Å². The Bertz CT molecular complexity index is 348. The van der Waals surface area contributed by atoms with Crippen LogP contribution in [0.3, 0.4) is 0 Å². The zero-order chi connectivity index (χ0) is 14.6.